The predicted octanol–water partition coefficient (Wildman–Crippen LogP) is 3.04. The summed E-state index contributed by atoms with van der Waals surface area (Å²) in [6, 6.07) is 9.87. The van der Waals surface area contributed by atoms with Crippen molar-refractivity contribution in [2.75, 3.05) is 0 Å². The summed E-state index contributed by atoms with van der Waals surface area (Å²) in [5.74, 6) is -0.996. The summed E-state index contributed by atoms with van der Waals surface area (Å²) in [5, 5.41) is 21.7. The first-order chi connectivity index (χ1) is 10.1. The summed E-state index contributed by atoms with van der Waals surface area (Å²) < 4.78 is 0. The molecule has 3 N–H and O–H groups in total. The Balaban J connectivity index is 2.24. The predicted molar refractivity (Wildman–Crippen MR) is 82.6 cm³/mol. The molecule has 21 heavy (non-hydrogen) atoms. The fourth-order valence-electron chi connectivity index (χ4n) is 1.56. The van der Waals surface area contributed by atoms with E-state index < -0.39 is 5.97 Å². The molecule has 0 atom stereocenters. The van der Waals surface area contributed by atoms with E-state index in [2.05, 4.69) is 4.99 Å². The van der Waals surface area contributed by atoms with E-state index in [4.69, 9.17) is 16.1 Å². The van der Waals surface area contributed by atoms with Crippen molar-refractivity contribution in [3.8, 4) is 6.07 Å². The van der Waals surface area contributed by atoms with Gasteiger partial charge in [0.15, 0.2) is 0 Å². The fraction of sp³-hybridized carbons (Fsp3) is 0. The van der Waals surface area contributed by atoms with Crippen LogP contribution in [-0.4, -0.2) is 17.3 Å². The number of benzene rings is 1. The van der Waals surface area contributed by atoms with E-state index >= 15 is 0 Å². The molecule has 2 rings (SSSR count). The first-order valence-corrected chi connectivity index (χ1v) is 6.86. The molecule has 1 aromatic heterocycles. The fourth-order valence-corrected chi connectivity index (χ4v) is 2.22. The van der Waals surface area contributed by atoms with Crippen molar-refractivity contribution in [3.63, 3.8) is 0 Å². The van der Waals surface area contributed by atoms with Gasteiger partial charge in [-0.15, -0.1) is 0 Å². The van der Waals surface area contributed by atoms with Gasteiger partial charge in [0.05, 0.1) is 22.5 Å². The minimum absolute atomic E-state index is 0.183. The highest BCUT2D eigenvalue weighted by Crippen LogP contribution is 2.17. The standard InChI is InChI=1S/C15H11N3O2S/c16-7-12(14(17)11-5-6-21-9-11)8-18-13-3-1-10(2-4-13)15(19)20/h1-6,8-9H,17H2,(H,19,20)/b14-12-,18-8?. The van der Waals surface area contributed by atoms with Gasteiger partial charge in [-0.25, -0.2) is 4.79 Å². The smallest absolute Gasteiger partial charge is 0.335 e. The Bertz CT molecular complexity index is 738. The molecule has 0 spiro atoms. The first kappa shape index (κ1) is 14.5. The lowest BCUT2D eigenvalue weighted by molar-refractivity contribution is 0.0697. The second kappa shape index (κ2) is 6.50. The van der Waals surface area contributed by atoms with Crippen molar-refractivity contribution < 1.29 is 9.90 Å². The maximum atomic E-state index is 10.7. The molecule has 0 unspecified atom stereocenters. The number of carbonyl (C=O) groups is 1. The Morgan fingerprint density at radius 2 is 2.00 bits per heavy atom. The molecule has 0 saturated heterocycles. The van der Waals surface area contributed by atoms with E-state index in [1.54, 1.807) is 12.1 Å². The summed E-state index contributed by atoms with van der Waals surface area (Å²) >= 11 is 1.49. The zero-order chi connectivity index (χ0) is 15.2. The van der Waals surface area contributed by atoms with Crippen LogP contribution in [0.3, 0.4) is 0 Å². The Morgan fingerprint density at radius 1 is 1.29 bits per heavy atom. The molecular weight excluding hydrogens is 286 g/mol. The molecule has 1 aromatic carbocycles. The Morgan fingerprint density at radius 3 is 2.52 bits per heavy atom. The minimum Gasteiger partial charge on any atom is -0.478 e. The van der Waals surface area contributed by atoms with Gasteiger partial charge in [0.25, 0.3) is 0 Å². The monoisotopic (exact) mass is 297 g/mol. The van der Waals surface area contributed by atoms with Crippen LogP contribution < -0.4 is 5.73 Å². The number of carboxylic acids is 1. The average molecular weight is 297 g/mol. The number of nitrogens with zero attached hydrogens (tertiary/aromatic N) is 2. The van der Waals surface area contributed by atoms with Crippen LogP contribution in [0.25, 0.3) is 5.70 Å². The van der Waals surface area contributed by atoms with Crippen LogP contribution in [0.1, 0.15) is 15.9 Å². The second-order valence-electron chi connectivity index (χ2n) is 4.06. The van der Waals surface area contributed by atoms with Crippen molar-refractivity contribution in [3.05, 3.63) is 57.8 Å². The summed E-state index contributed by atoms with van der Waals surface area (Å²) in [6.45, 7) is 0. The minimum atomic E-state index is -0.996. The molecule has 0 fully saturated rings. The Hall–Kier alpha value is -2.91. The maximum absolute atomic E-state index is 10.7. The molecule has 0 aliphatic rings. The average Bonchev–Trinajstić information content (AvgIpc) is 3.02. The lowest BCUT2D eigenvalue weighted by Gasteiger charge is -1.99. The number of rotatable bonds is 4. The molecule has 5 nitrogen and oxygen atoms in total. The van der Waals surface area contributed by atoms with Crippen LogP contribution >= 0.6 is 11.3 Å². The van der Waals surface area contributed by atoms with Gasteiger partial charge in [-0.1, -0.05) is 0 Å². The van der Waals surface area contributed by atoms with Crippen molar-refractivity contribution >= 4 is 34.9 Å². The summed E-state index contributed by atoms with van der Waals surface area (Å²) in [6.07, 6.45) is 1.38. The number of aliphatic imine (C=N–C) groups is 1. The largest absolute Gasteiger partial charge is 0.478 e. The van der Waals surface area contributed by atoms with Gasteiger partial charge in [-0.2, -0.15) is 16.6 Å². The molecule has 0 amide bonds. The highest BCUT2D eigenvalue weighted by atomic mass is 32.1. The van der Waals surface area contributed by atoms with Crippen LogP contribution in [0, 0.1) is 11.3 Å². The van der Waals surface area contributed by atoms with Gasteiger partial charge < -0.3 is 10.8 Å². The normalized spacial score (nSPS) is 12.0. The lowest BCUT2D eigenvalue weighted by atomic mass is 10.1. The Kier molecular flexibility index (Phi) is 4.49. The number of thiophene rings is 1. The van der Waals surface area contributed by atoms with Gasteiger partial charge in [0, 0.05) is 17.2 Å². The molecule has 0 saturated carbocycles. The molecule has 0 bridgehead atoms. The number of nitriles is 1. The van der Waals surface area contributed by atoms with E-state index in [1.165, 1.54) is 29.7 Å². The highest BCUT2D eigenvalue weighted by Gasteiger charge is 2.04. The number of aromatic carboxylic acids is 1. The third-order valence-corrected chi connectivity index (χ3v) is 3.38. The third-order valence-electron chi connectivity index (χ3n) is 2.70. The second-order valence-corrected chi connectivity index (χ2v) is 4.84. The van der Waals surface area contributed by atoms with Gasteiger partial charge in [-0.05, 0) is 35.7 Å². The van der Waals surface area contributed by atoms with Crippen LogP contribution in [0.2, 0.25) is 0 Å². The Labute approximate surface area is 125 Å². The van der Waals surface area contributed by atoms with E-state index in [1.807, 2.05) is 22.9 Å². The van der Waals surface area contributed by atoms with Gasteiger partial charge >= 0.3 is 5.97 Å². The van der Waals surface area contributed by atoms with Crippen LogP contribution in [-0.2, 0) is 0 Å². The zero-order valence-electron chi connectivity index (χ0n) is 10.9. The maximum Gasteiger partial charge on any atom is 0.335 e. The van der Waals surface area contributed by atoms with E-state index in [-0.39, 0.29) is 11.1 Å². The molecule has 1 heterocycles. The summed E-state index contributed by atoms with van der Waals surface area (Å²) in [4.78, 5) is 14.9. The van der Waals surface area contributed by atoms with Crippen molar-refractivity contribution in [2.45, 2.75) is 0 Å². The topological polar surface area (TPSA) is 99.5 Å². The van der Waals surface area contributed by atoms with Gasteiger partial charge in [0.1, 0.15) is 6.07 Å². The molecule has 2 aromatic rings. The first-order valence-electron chi connectivity index (χ1n) is 5.91. The van der Waals surface area contributed by atoms with Crippen LogP contribution in [0.4, 0.5) is 5.69 Å². The molecule has 0 aliphatic heterocycles. The van der Waals surface area contributed by atoms with Crippen LogP contribution in [0.5, 0.6) is 0 Å². The van der Waals surface area contributed by atoms with E-state index in [0.29, 0.717) is 11.4 Å². The van der Waals surface area contributed by atoms with E-state index in [0.717, 1.165) is 5.56 Å². The molecule has 6 heteroatoms. The number of hydrogen-bond donors (Lipinski definition) is 2. The molecule has 0 aliphatic carbocycles. The highest BCUT2D eigenvalue weighted by molar-refractivity contribution is 7.08. The number of nitrogens with two attached hydrogens (primary N) is 1. The number of allylic oxidation sites excluding steroid dienone is 1. The number of carboxylic acid groups (broad SMARTS) is 1. The number of hydrogen-bond acceptors (Lipinski definition) is 5. The van der Waals surface area contributed by atoms with E-state index in [9.17, 15) is 4.79 Å². The quantitative estimate of drug-likeness (QED) is 0.669. The third kappa shape index (κ3) is 3.55. The lowest BCUT2D eigenvalue weighted by Crippen LogP contribution is -2.00. The molecule has 0 radical (unpaired) electrons. The molecular formula is C15H11N3O2S. The molecule has 104 valence electrons. The summed E-state index contributed by atoms with van der Waals surface area (Å²) in [5.41, 5.74) is 8.05. The van der Waals surface area contributed by atoms with Crippen molar-refractivity contribution in [1.82, 2.24) is 0 Å². The van der Waals surface area contributed by atoms with Crippen molar-refractivity contribution in [1.29, 1.82) is 5.26 Å². The van der Waals surface area contributed by atoms with Gasteiger partial charge in [0.2, 0.25) is 0 Å². The van der Waals surface area contributed by atoms with Gasteiger partial charge in [-0.3, -0.25) is 4.99 Å². The van der Waals surface area contributed by atoms with Crippen LogP contribution in [0.15, 0.2) is 51.7 Å². The zero-order valence-corrected chi connectivity index (χ0v) is 11.7. The summed E-state index contributed by atoms with van der Waals surface area (Å²) in [7, 11) is 0. The van der Waals surface area contributed by atoms with Crippen molar-refractivity contribution in [2.24, 2.45) is 10.7 Å². The SMILES string of the molecule is N#C/C(C=Nc1ccc(C(=O)O)cc1)=C(/N)c1ccsc1.